The van der Waals surface area contributed by atoms with E-state index in [-0.39, 0.29) is 11.9 Å². The van der Waals surface area contributed by atoms with Gasteiger partial charge >= 0.3 is 5.97 Å². The van der Waals surface area contributed by atoms with Crippen LogP contribution in [0.5, 0.6) is 0 Å². The number of hydrogen-bond acceptors (Lipinski definition) is 6. The van der Waals surface area contributed by atoms with Gasteiger partial charge in [-0.05, 0) is 73.3 Å². The van der Waals surface area contributed by atoms with E-state index in [1.807, 2.05) is 6.07 Å². The van der Waals surface area contributed by atoms with Crippen molar-refractivity contribution in [3.8, 4) is 11.3 Å². The fourth-order valence-electron chi connectivity index (χ4n) is 3.01. The van der Waals surface area contributed by atoms with Crippen LogP contribution in [0.2, 0.25) is 10.0 Å². The highest BCUT2D eigenvalue weighted by Gasteiger charge is 2.30. The van der Waals surface area contributed by atoms with E-state index in [0.717, 1.165) is 5.56 Å². The Hall–Kier alpha value is -3.00. The van der Waals surface area contributed by atoms with E-state index in [1.165, 1.54) is 16.7 Å². The number of esters is 1. The number of amidine groups is 1. The lowest BCUT2D eigenvalue weighted by Gasteiger charge is -2.07. The molecule has 0 spiro atoms. The Balaban J connectivity index is 1.53. The first-order valence-electron chi connectivity index (χ1n) is 9.94. The average Bonchev–Trinajstić information content (AvgIpc) is 3.37. The largest absolute Gasteiger partial charge is 0.462 e. The number of nitrogens with zero attached hydrogens (tertiary/aromatic N) is 2. The molecule has 0 saturated carbocycles. The second kappa shape index (κ2) is 9.87. The molecular weight excluding hydrogens is 483 g/mol. The maximum Gasteiger partial charge on any atom is 0.338 e. The van der Waals surface area contributed by atoms with Gasteiger partial charge in [0.1, 0.15) is 11.5 Å². The van der Waals surface area contributed by atoms with Crippen LogP contribution in [0.15, 0.2) is 68.9 Å². The number of thioether (sulfide) groups is 1. The Bertz CT molecular complexity index is 1280. The fraction of sp³-hybridized carbons (Fsp3) is 0.125. The molecule has 2 heterocycles. The Morgan fingerprint density at radius 1 is 1.12 bits per heavy atom. The number of ether oxygens (including phenoxy) is 1. The van der Waals surface area contributed by atoms with Crippen LogP contribution in [0.4, 0.5) is 5.69 Å². The van der Waals surface area contributed by atoms with E-state index >= 15 is 0 Å². The number of carbonyl (C=O) groups is 2. The van der Waals surface area contributed by atoms with Crippen molar-refractivity contribution >= 4 is 63.8 Å². The summed E-state index contributed by atoms with van der Waals surface area (Å²) in [6.07, 6.45) is 1.68. The lowest BCUT2D eigenvalue weighted by molar-refractivity contribution is -0.121. The maximum atomic E-state index is 12.7. The van der Waals surface area contributed by atoms with Crippen molar-refractivity contribution in [2.45, 2.75) is 6.92 Å². The number of halogens is 2. The van der Waals surface area contributed by atoms with Gasteiger partial charge in [0.25, 0.3) is 5.91 Å². The molecule has 0 atom stereocenters. The summed E-state index contributed by atoms with van der Waals surface area (Å²) in [5, 5.41) is 1.42. The fourth-order valence-corrected chi connectivity index (χ4v) is 4.28. The number of amides is 1. The van der Waals surface area contributed by atoms with Gasteiger partial charge in [-0.3, -0.25) is 9.69 Å². The zero-order valence-electron chi connectivity index (χ0n) is 17.7. The van der Waals surface area contributed by atoms with Crippen molar-refractivity contribution < 1.29 is 18.7 Å². The number of carbonyl (C=O) groups excluding carboxylic acids is 2. The molecule has 0 N–H and O–H groups in total. The summed E-state index contributed by atoms with van der Waals surface area (Å²) in [7, 11) is 1.66. The standard InChI is InChI=1S/C24H18Cl2N2O4S/c1-3-31-23(30)14-4-7-16(8-5-14)27-24-28(2)22(29)21(33-24)13-17-9-11-20(32-17)15-6-10-18(25)19(26)12-15/h4-13H,3H2,1-2H3/b21-13-,27-24?. The van der Waals surface area contributed by atoms with Gasteiger partial charge in [0.05, 0.1) is 32.8 Å². The zero-order valence-corrected chi connectivity index (χ0v) is 20.0. The molecule has 33 heavy (non-hydrogen) atoms. The van der Waals surface area contributed by atoms with Gasteiger partial charge in [0.15, 0.2) is 5.17 Å². The van der Waals surface area contributed by atoms with E-state index in [0.29, 0.717) is 49.5 Å². The van der Waals surface area contributed by atoms with Gasteiger partial charge in [0, 0.05) is 18.7 Å². The number of aliphatic imine (C=N–C) groups is 1. The maximum absolute atomic E-state index is 12.7. The molecule has 1 amide bonds. The summed E-state index contributed by atoms with van der Waals surface area (Å²) < 4.78 is 10.9. The first-order valence-corrected chi connectivity index (χ1v) is 11.5. The smallest absolute Gasteiger partial charge is 0.338 e. The summed E-state index contributed by atoms with van der Waals surface area (Å²) in [5.41, 5.74) is 1.84. The molecule has 1 fully saturated rings. The minimum absolute atomic E-state index is 0.186. The summed E-state index contributed by atoms with van der Waals surface area (Å²) in [6.45, 7) is 2.07. The number of benzene rings is 2. The number of furan rings is 1. The zero-order chi connectivity index (χ0) is 23.5. The van der Waals surface area contributed by atoms with E-state index in [9.17, 15) is 9.59 Å². The lowest BCUT2D eigenvalue weighted by atomic mass is 10.2. The Morgan fingerprint density at radius 2 is 1.88 bits per heavy atom. The molecule has 9 heteroatoms. The highest BCUT2D eigenvalue weighted by Crippen LogP contribution is 2.35. The van der Waals surface area contributed by atoms with Crippen molar-refractivity contribution in [3.05, 3.63) is 80.9 Å². The molecule has 1 aliphatic heterocycles. The van der Waals surface area contributed by atoms with Crippen molar-refractivity contribution in [3.63, 3.8) is 0 Å². The van der Waals surface area contributed by atoms with E-state index in [1.54, 1.807) is 68.6 Å². The molecule has 0 aliphatic carbocycles. The van der Waals surface area contributed by atoms with Crippen LogP contribution in [-0.4, -0.2) is 35.6 Å². The Labute approximate surface area is 204 Å². The number of rotatable bonds is 5. The van der Waals surface area contributed by atoms with Crippen molar-refractivity contribution in [2.24, 2.45) is 4.99 Å². The van der Waals surface area contributed by atoms with E-state index < -0.39 is 0 Å². The van der Waals surface area contributed by atoms with Crippen LogP contribution in [0.3, 0.4) is 0 Å². The number of likely N-dealkylation sites (N-methyl/N-ethyl adjacent to an activating group) is 1. The molecular formula is C24H18Cl2N2O4S. The molecule has 0 radical (unpaired) electrons. The predicted octanol–water partition coefficient (Wildman–Crippen LogP) is 6.66. The van der Waals surface area contributed by atoms with Crippen molar-refractivity contribution in [2.75, 3.05) is 13.7 Å². The molecule has 2 aromatic carbocycles. The van der Waals surface area contributed by atoms with Gasteiger partial charge in [-0.25, -0.2) is 9.79 Å². The quantitative estimate of drug-likeness (QED) is 0.289. The average molecular weight is 501 g/mol. The van der Waals surface area contributed by atoms with Gasteiger partial charge < -0.3 is 9.15 Å². The highest BCUT2D eigenvalue weighted by molar-refractivity contribution is 8.18. The van der Waals surface area contributed by atoms with Gasteiger partial charge in [0.2, 0.25) is 0 Å². The van der Waals surface area contributed by atoms with Gasteiger partial charge in [-0.15, -0.1) is 0 Å². The third-order valence-corrected chi connectivity index (χ3v) is 6.51. The van der Waals surface area contributed by atoms with E-state index in [4.69, 9.17) is 32.4 Å². The molecule has 1 saturated heterocycles. The monoisotopic (exact) mass is 500 g/mol. The van der Waals surface area contributed by atoms with E-state index in [2.05, 4.69) is 4.99 Å². The Morgan fingerprint density at radius 3 is 2.58 bits per heavy atom. The molecule has 0 unspecified atom stereocenters. The normalized spacial score (nSPS) is 16.1. The number of hydrogen-bond donors (Lipinski definition) is 0. The van der Waals surface area contributed by atoms with Gasteiger partial charge in [-0.2, -0.15) is 0 Å². The van der Waals surface area contributed by atoms with Gasteiger partial charge in [-0.1, -0.05) is 23.2 Å². The Kier molecular flexibility index (Phi) is 6.93. The second-order valence-corrected chi connectivity index (χ2v) is 8.79. The van der Waals surface area contributed by atoms with Crippen LogP contribution in [-0.2, 0) is 9.53 Å². The second-order valence-electron chi connectivity index (χ2n) is 6.97. The minimum Gasteiger partial charge on any atom is -0.462 e. The topological polar surface area (TPSA) is 72.1 Å². The summed E-state index contributed by atoms with van der Waals surface area (Å²) in [5.74, 6) is 0.567. The molecule has 4 rings (SSSR count). The molecule has 1 aromatic heterocycles. The van der Waals surface area contributed by atoms with Crippen LogP contribution in [0, 0.1) is 0 Å². The SMILES string of the molecule is CCOC(=O)c1ccc(N=C2S/C(=C\c3ccc(-c4ccc(Cl)c(Cl)c4)o3)C(=O)N2C)cc1. The molecule has 1 aliphatic rings. The van der Waals surface area contributed by atoms with Crippen LogP contribution in [0.1, 0.15) is 23.0 Å². The van der Waals surface area contributed by atoms with Crippen molar-refractivity contribution in [1.29, 1.82) is 0 Å². The third kappa shape index (κ3) is 5.16. The molecule has 6 nitrogen and oxygen atoms in total. The molecule has 3 aromatic rings. The molecule has 0 bridgehead atoms. The third-order valence-electron chi connectivity index (χ3n) is 4.71. The first-order chi connectivity index (χ1) is 15.9. The minimum atomic E-state index is -0.386. The van der Waals surface area contributed by atoms with Crippen molar-refractivity contribution in [1.82, 2.24) is 4.90 Å². The van der Waals surface area contributed by atoms with Crippen LogP contribution >= 0.6 is 35.0 Å². The van der Waals surface area contributed by atoms with Crippen LogP contribution in [0.25, 0.3) is 17.4 Å². The summed E-state index contributed by atoms with van der Waals surface area (Å²) in [4.78, 5) is 31.0. The predicted molar refractivity (Wildman–Crippen MR) is 132 cm³/mol. The summed E-state index contributed by atoms with van der Waals surface area (Å²) in [6, 6.07) is 15.5. The van der Waals surface area contributed by atoms with Crippen LogP contribution < -0.4 is 0 Å². The summed E-state index contributed by atoms with van der Waals surface area (Å²) >= 11 is 13.3. The lowest BCUT2D eigenvalue weighted by Crippen LogP contribution is -2.23. The highest BCUT2D eigenvalue weighted by atomic mass is 35.5. The molecule has 168 valence electrons. The first kappa shape index (κ1) is 23.2.